The van der Waals surface area contributed by atoms with Gasteiger partial charge in [0.1, 0.15) is 11.1 Å². The van der Waals surface area contributed by atoms with Gasteiger partial charge in [-0.15, -0.1) is 0 Å². The molecule has 0 bridgehead atoms. The van der Waals surface area contributed by atoms with Crippen molar-refractivity contribution in [2.24, 2.45) is 11.8 Å². The third-order valence-electron chi connectivity index (χ3n) is 5.98. The summed E-state index contributed by atoms with van der Waals surface area (Å²) < 4.78 is 0. The fourth-order valence-corrected chi connectivity index (χ4v) is 4.91. The van der Waals surface area contributed by atoms with E-state index in [0.717, 1.165) is 17.2 Å². The second-order valence-electron chi connectivity index (χ2n) is 7.60. The van der Waals surface area contributed by atoms with Crippen LogP contribution in [0.25, 0.3) is 6.08 Å². The van der Waals surface area contributed by atoms with Crippen LogP contribution < -0.4 is 10.6 Å². The molecule has 2 aromatic carbocycles. The summed E-state index contributed by atoms with van der Waals surface area (Å²) in [6.07, 6.45) is 3.56. The van der Waals surface area contributed by atoms with Crippen molar-refractivity contribution in [3.63, 3.8) is 0 Å². The van der Waals surface area contributed by atoms with Crippen molar-refractivity contribution >= 4 is 46.8 Å². The molecule has 9 nitrogen and oxygen atoms in total. The molecule has 3 aliphatic rings. The smallest absolute Gasteiger partial charge is 0.289 e. The topological polar surface area (TPSA) is 122 Å². The van der Waals surface area contributed by atoms with E-state index in [1.54, 1.807) is 11.1 Å². The molecule has 2 aromatic rings. The number of anilines is 1. The SMILES string of the molecule is O=C1NC(=O)C2C1C(C(=O)Nc1ccc(Cl)c([N+](=O)[O-])c1)N1C=Cc3ccccc3C21. The second kappa shape index (κ2) is 6.92. The van der Waals surface area contributed by atoms with Gasteiger partial charge < -0.3 is 10.2 Å². The van der Waals surface area contributed by atoms with Gasteiger partial charge in [-0.2, -0.15) is 0 Å². The zero-order valence-corrected chi connectivity index (χ0v) is 16.6. The molecule has 4 unspecified atom stereocenters. The average molecular weight is 439 g/mol. The normalized spacial score (nSPS) is 25.5. The van der Waals surface area contributed by atoms with Crippen LogP contribution in [0.1, 0.15) is 17.2 Å². The Kier molecular flexibility index (Phi) is 4.30. The van der Waals surface area contributed by atoms with Crippen molar-refractivity contribution in [3.8, 4) is 0 Å². The van der Waals surface area contributed by atoms with Crippen molar-refractivity contribution in [1.29, 1.82) is 0 Å². The molecule has 0 spiro atoms. The van der Waals surface area contributed by atoms with Gasteiger partial charge in [-0.3, -0.25) is 29.8 Å². The number of imide groups is 1. The minimum Gasteiger partial charge on any atom is -0.357 e. The van der Waals surface area contributed by atoms with Gasteiger partial charge in [-0.05, 0) is 29.3 Å². The van der Waals surface area contributed by atoms with E-state index in [-0.39, 0.29) is 16.4 Å². The third-order valence-corrected chi connectivity index (χ3v) is 6.30. The summed E-state index contributed by atoms with van der Waals surface area (Å²) in [7, 11) is 0. The fourth-order valence-electron chi connectivity index (χ4n) is 4.72. The largest absolute Gasteiger partial charge is 0.357 e. The molecule has 2 fully saturated rings. The van der Waals surface area contributed by atoms with Gasteiger partial charge in [0, 0.05) is 18.0 Å². The summed E-state index contributed by atoms with van der Waals surface area (Å²) in [4.78, 5) is 50.7. The van der Waals surface area contributed by atoms with Crippen LogP contribution in [0.2, 0.25) is 5.02 Å². The molecular formula is C21H15ClN4O5. The fraction of sp³-hybridized carbons (Fsp3) is 0.190. The van der Waals surface area contributed by atoms with Gasteiger partial charge in [-0.1, -0.05) is 35.9 Å². The van der Waals surface area contributed by atoms with E-state index in [2.05, 4.69) is 10.6 Å². The Morgan fingerprint density at radius 3 is 2.65 bits per heavy atom. The maximum absolute atomic E-state index is 13.3. The predicted octanol–water partition coefficient (Wildman–Crippen LogP) is 2.49. The van der Waals surface area contributed by atoms with Crippen LogP contribution in [0.15, 0.2) is 48.7 Å². The summed E-state index contributed by atoms with van der Waals surface area (Å²) in [5, 5.41) is 16.1. The van der Waals surface area contributed by atoms with Gasteiger partial charge in [0.25, 0.3) is 5.69 Å². The van der Waals surface area contributed by atoms with E-state index < -0.39 is 46.6 Å². The van der Waals surface area contributed by atoms with Crippen molar-refractivity contribution in [2.75, 3.05) is 5.32 Å². The Morgan fingerprint density at radius 2 is 1.87 bits per heavy atom. The van der Waals surface area contributed by atoms with Crippen molar-refractivity contribution < 1.29 is 19.3 Å². The maximum atomic E-state index is 13.3. The van der Waals surface area contributed by atoms with E-state index in [0.29, 0.717) is 0 Å². The molecule has 2 N–H and O–H groups in total. The Labute approximate surface area is 180 Å². The highest BCUT2D eigenvalue weighted by Gasteiger charge is 2.61. The number of rotatable bonds is 3. The number of halogens is 1. The number of amides is 3. The molecule has 0 aliphatic carbocycles. The molecule has 3 aliphatic heterocycles. The summed E-state index contributed by atoms with van der Waals surface area (Å²) in [6.45, 7) is 0. The summed E-state index contributed by atoms with van der Waals surface area (Å²) in [5.74, 6) is -3.04. The monoisotopic (exact) mass is 438 g/mol. The van der Waals surface area contributed by atoms with E-state index in [9.17, 15) is 24.5 Å². The molecule has 0 saturated carbocycles. The number of hydrogen-bond acceptors (Lipinski definition) is 6. The van der Waals surface area contributed by atoms with Crippen LogP contribution in [0.4, 0.5) is 11.4 Å². The Bertz CT molecular complexity index is 1200. The van der Waals surface area contributed by atoms with Crippen LogP contribution in [-0.4, -0.2) is 33.6 Å². The zero-order valence-electron chi connectivity index (χ0n) is 15.8. The maximum Gasteiger partial charge on any atom is 0.289 e. The lowest BCUT2D eigenvalue weighted by Gasteiger charge is -2.34. The number of nitro groups is 1. The van der Waals surface area contributed by atoms with Gasteiger partial charge in [0.15, 0.2) is 0 Å². The second-order valence-corrected chi connectivity index (χ2v) is 8.01. The van der Waals surface area contributed by atoms with Gasteiger partial charge in [0.05, 0.1) is 22.8 Å². The predicted molar refractivity (Wildman–Crippen MR) is 111 cm³/mol. The van der Waals surface area contributed by atoms with Crippen LogP contribution in [0.5, 0.6) is 0 Å². The Balaban J connectivity index is 1.52. The molecule has 5 rings (SSSR count). The number of nitrogens with one attached hydrogen (secondary N) is 2. The first-order chi connectivity index (χ1) is 14.9. The Hall–Kier alpha value is -3.72. The van der Waals surface area contributed by atoms with Crippen LogP contribution in [0, 0.1) is 22.0 Å². The number of fused-ring (bicyclic) bond motifs is 5. The highest BCUT2D eigenvalue weighted by Crippen LogP contribution is 2.50. The average Bonchev–Trinajstić information content (AvgIpc) is 3.24. The lowest BCUT2D eigenvalue weighted by molar-refractivity contribution is -0.384. The quantitative estimate of drug-likeness (QED) is 0.431. The molecule has 0 aromatic heterocycles. The Morgan fingerprint density at radius 1 is 1.13 bits per heavy atom. The molecular weight excluding hydrogens is 424 g/mol. The first kappa shape index (κ1) is 19.3. The van der Waals surface area contributed by atoms with E-state index in [4.69, 9.17) is 11.6 Å². The number of carbonyl (C=O) groups is 3. The molecule has 156 valence electrons. The van der Waals surface area contributed by atoms with Crippen molar-refractivity contribution in [1.82, 2.24) is 10.2 Å². The van der Waals surface area contributed by atoms with Gasteiger partial charge in [-0.25, -0.2) is 0 Å². The first-order valence-electron chi connectivity index (χ1n) is 9.51. The number of carbonyl (C=O) groups excluding carboxylic acids is 3. The van der Waals surface area contributed by atoms with Crippen molar-refractivity contribution in [2.45, 2.75) is 12.1 Å². The molecule has 0 radical (unpaired) electrons. The summed E-state index contributed by atoms with van der Waals surface area (Å²) in [6, 6.07) is 10.0. The number of hydrogen-bond donors (Lipinski definition) is 2. The molecule has 31 heavy (non-hydrogen) atoms. The van der Waals surface area contributed by atoms with Gasteiger partial charge >= 0.3 is 0 Å². The molecule has 2 saturated heterocycles. The molecule has 10 heteroatoms. The summed E-state index contributed by atoms with van der Waals surface area (Å²) in [5.41, 5.74) is 1.61. The molecule has 3 heterocycles. The van der Waals surface area contributed by atoms with Gasteiger partial charge in [0.2, 0.25) is 17.7 Å². The number of nitrogens with zero attached hydrogens (tertiary/aromatic N) is 2. The summed E-state index contributed by atoms with van der Waals surface area (Å²) >= 11 is 5.84. The van der Waals surface area contributed by atoms with Crippen molar-refractivity contribution in [3.05, 3.63) is 74.9 Å². The first-order valence-corrected chi connectivity index (χ1v) is 9.88. The number of nitro benzene ring substituents is 1. The highest BCUT2D eigenvalue weighted by molar-refractivity contribution is 6.32. The van der Waals surface area contributed by atoms with Crippen LogP contribution >= 0.6 is 11.6 Å². The molecule has 4 atom stereocenters. The minimum atomic E-state index is -0.958. The van der Waals surface area contributed by atoms with E-state index in [1.165, 1.54) is 12.1 Å². The zero-order chi connectivity index (χ0) is 21.9. The standard InChI is InChI=1S/C21H15ClN4O5/c22-13-6-5-11(9-14(13)26(30)31)23-21(29)18-16-15(19(27)24-20(16)28)17-12-4-2-1-3-10(12)7-8-25(17)18/h1-9,15-18H,(H,23,29)(H,24,27,28). The van der Waals surface area contributed by atoms with Crippen LogP contribution in [-0.2, 0) is 14.4 Å². The third kappa shape index (κ3) is 2.89. The van der Waals surface area contributed by atoms with Crippen LogP contribution in [0.3, 0.4) is 0 Å². The lowest BCUT2D eigenvalue weighted by Crippen LogP contribution is -2.45. The van der Waals surface area contributed by atoms with E-state index >= 15 is 0 Å². The highest BCUT2D eigenvalue weighted by atomic mass is 35.5. The van der Waals surface area contributed by atoms with E-state index in [1.807, 2.05) is 30.3 Å². The molecule has 3 amide bonds. The minimum absolute atomic E-state index is 0.0552. The number of benzene rings is 2. The lowest BCUT2D eigenvalue weighted by atomic mass is 9.84.